The van der Waals surface area contributed by atoms with E-state index in [0.717, 1.165) is 10.7 Å². The third-order valence-corrected chi connectivity index (χ3v) is 4.07. The number of thiazole rings is 1. The normalized spacial score (nSPS) is 11.0. The Morgan fingerprint density at radius 1 is 1.27 bits per heavy atom. The van der Waals surface area contributed by atoms with Gasteiger partial charge in [-0.2, -0.15) is 0 Å². The third kappa shape index (κ3) is 4.36. The Kier molecular flexibility index (Phi) is 4.87. The van der Waals surface area contributed by atoms with Gasteiger partial charge >= 0.3 is 11.8 Å². The molecule has 2 rings (SSSR count). The predicted molar refractivity (Wildman–Crippen MR) is 85.5 cm³/mol. The second-order valence-electron chi connectivity index (χ2n) is 5.77. The van der Waals surface area contributed by atoms with Gasteiger partial charge in [0.15, 0.2) is 0 Å². The standard InChI is InChI=1S/C15H18N4O2S/c1-15(2,3)14-19-11(9-22-14)8-17-12(20)13(21)18-10-5-4-6-16-7-10/h4-7,9H,8H2,1-3H3,(H,17,20)(H,18,21). The van der Waals surface area contributed by atoms with Crippen LogP contribution in [0.15, 0.2) is 29.9 Å². The molecule has 2 aromatic heterocycles. The van der Waals surface area contributed by atoms with Crippen molar-refractivity contribution in [3.8, 4) is 0 Å². The van der Waals surface area contributed by atoms with Gasteiger partial charge in [0.05, 0.1) is 29.1 Å². The van der Waals surface area contributed by atoms with Gasteiger partial charge in [-0.05, 0) is 12.1 Å². The fraction of sp³-hybridized carbons (Fsp3) is 0.333. The molecule has 0 unspecified atom stereocenters. The fourth-order valence-electron chi connectivity index (χ4n) is 1.61. The molecule has 0 aliphatic carbocycles. The average Bonchev–Trinajstić information content (AvgIpc) is 2.94. The lowest BCUT2D eigenvalue weighted by Gasteiger charge is -2.13. The van der Waals surface area contributed by atoms with Crippen molar-refractivity contribution >= 4 is 28.8 Å². The molecule has 2 amide bonds. The zero-order chi connectivity index (χ0) is 16.2. The lowest BCUT2D eigenvalue weighted by Crippen LogP contribution is -2.35. The first kappa shape index (κ1) is 16.1. The van der Waals surface area contributed by atoms with Crippen LogP contribution in [0.5, 0.6) is 0 Å². The van der Waals surface area contributed by atoms with E-state index in [1.165, 1.54) is 6.20 Å². The highest BCUT2D eigenvalue weighted by Gasteiger charge is 2.19. The molecule has 7 heteroatoms. The molecule has 6 nitrogen and oxygen atoms in total. The zero-order valence-electron chi connectivity index (χ0n) is 12.7. The predicted octanol–water partition coefficient (Wildman–Crippen LogP) is 2.09. The molecule has 2 N–H and O–H groups in total. The van der Waals surface area contributed by atoms with E-state index in [2.05, 4.69) is 41.4 Å². The van der Waals surface area contributed by atoms with E-state index < -0.39 is 11.8 Å². The van der Waals surface area contributed by atoms with Crippen molar-refractivity contribution in [3.63, 3.8) is 0 Å². The highest BCUT2D eigenvalue weighted by Crippen LogP contribution is 2.25. The lowest BCUT2D eigenvalue weighted by molar-refractivity contribution is -0.136. The van der Waals surface area contributed by atoms with Gasteiger partial charge in [0.2, 0.25) is 0 Å². The zero-order valence-corrected chi connectivity index (χ0v) is 13.5. The van der Waals surface area contributed by atoms with Gasteiger partial charge in [-0.15, -0.1) is 11.3 Å². The Bertz CT molecular complexity index is 662. The minimum atomic E-state index is -0.723. The molecule has 0 saturated carbocycles. The summed E-state index contributed by atoms with van der Waals surface area (Å²) in [6, 6.07) is 3.34. The van der Waals surface area contributed by atoms with Crippen LogP contribution in [0, 0.1) is 0 Å². The Hall–Kier alpha value is -2.28. The summed E-state index contributed by atoms with van der Waals surface area (Å²) in [4.78, 5) is 31.8. The molecule has 2 aromatic rings. The second-order valence-corrected chi connectivity index (χ2v) is 6.63. The smallest absolute Gasteiger partial charge is 0.313 e. The molecule has 0 radical (unpaired) electrons. The fourth-order valence-corrected chi connectivity index (χ4v) is 2.52. The van der Waals surface area contributed by atoms with Crippen LogP contribution < -0.4 is 10.6 Å². The molecular weight excluding hydrogens is 300 g/mol. The Morgan fingerprint density at radius 3 is 2.64 bits per heavy atom. The monoisotopic (exact) mass is 318 g/mol. The van der Waals surface area contributed by atoms with Gasteiger partial charge in [-0.3, -0.25) is 14.6 Å². The van der Waals surface area contributed by atoms with Crippen LogP contribution >= 0.6 is 11.3 Å². The van der Waals surface area contributed by atoms with Crippen LogP contribution in [0.4, 0.5) is 5.69 Å². The number of rotatable bonds is 3. The third-order valence-electron chi connectivity index (χ3n) is 2.75. The quantitative estimate of drug-likeness (QED) is 0.849. The molecule has 0 fully saturated rings. The average molecular weight is 318 g/mol. The molecule has 22 heavy (non-hydrogen) atoms. The number of amides is 2. The molecule has 0 saturated heterocycles. The molecule has 2 heterocycles. The number of pyridine rings is 1. The summed E-state index contributed by atoms with van der Waals surface area (Å²) in [6.45, 7) is 6.46. The number of hydrogen-bond acceptors (Lipinski definition) is 5. The van der Waals surface area contributed by atoms with Gasteiger partial charge in [0.1, 0.15) is 0 Å². The summed E-state index contributed by atoms with van der Waals surface area (Å²) in [5.74, 6) is -1.42. The molecule has 0 spiro atoms. The van der Waals surface area contributed by atoms with Gasteiger partial charge < -0.3 is 10.6 Å². The number of carbonyl (C=O) groups is 2. The summed E-state index contributed by atoms with van der Waals surface area (Å²) >= 11 is 1.55. The van der Waals surface area contributed by atoms with Crippen molar-refractivity contribution in [2.45, 2.75) is 32.7 Å². The van der Waals surface area contributed by atoms with Crippen molar-refractivity contribution in [3.05, 3.63) is 40.6 Å². The summed E-state index contributed by atoms with van der Waals surface area (Å²) in [5, 5.41) is 7.92. The van der Waals surface area contributed by atoms with Gasteiger partial charge in [-0.1, -0.05) is 20.8 Å². The van der Waals surface area contributed by atoms with Crippen LogP contribution in [-0.2, 0) is 21.5 Å². The maximum absolute atomic E-state index is 11.8. The molecular formula is C15H18N4O2S. The van der Waals surface area contributed by atoms with Gasteiger partial charge in [0.25, 0.3) is 0 Å². The summed E-state index contributed by atoms with van der Waals surface area (Å²) in [5.41, 5.74) is 1.20. The maximum atomic E-state index is 11.8. The summed E-state index contributed by atoms with van der Waals surface area (Å²) in [7, 11) is 0. The van der Waals surface area contributed by atoms with Gasteiger partial charge in [-0.25, -0.2) is 4.98 Å². The first-order valence-corrected chi connectivity index (χ1v) is 7.68. The van der Waals surface area contributed by atoms with Crippen LogP contribution in [0.25, 0.3) is 0 Å². The molecule has 116 valence electrons. The van der Waals surface area contributed by atoms with Crippen LogP contribution in [0.3, 0.4) is 0 Å². The summed E-state index contributed by atoms with van der Waals surface area (Å²) < 4.78 is 0. The number of aromatic nitrogens is 2. The molecule has 0 atom stereocenters. The van der Waals surface area contributed by atoms with E-state index in [1.54, 1.807) is 29.7 Å². The Balaban J connectivity index is 1.87. The van der Waals surface area contributed by atoms with E-state index >= 15 is 0 Å². The van der Waals surface area contributed by atoms with Crippen molar-refractivity contribution in [1.29, 1.82) is 0 Å². The number of hydrogen-bond donors (Lipinski definition) is 2. The van der Waals surface area contributed by atoms with E-state index in [0.29, 0.717) is 5.69 Å². The van der Waals surface area contributed by atoms with Crippen molar-refractivity contribution < 1.29 is 9.59 Å². The van der Waals surface area contributed by atoms with E-state index in [4.69, 9.17) is 0 Å². The van der Waals surface area contributed by atoms with Crippen LogP contribution in [0.2, 0.25) is 0 Å². The summed E-state index contributed by atoms with van der Waals surface area (Å²) in [6.07, 6.45) is 3.06. The van der Waals surface area contributed by atoms with E-state index in [9.17, 15) is 9.59 Å². The maximum Gasteiger partial charge on any atom is 0.313 e. The van der Waals surface area contributed by atoms with Crippen molar-refractivity contribution in [2.75, 3.05) is 5.32 Å². The van der Waals surface area contributed by atoms with Crippen molar-refractivity contribution in [1.82, 2.24) is 15.3 Å². The highest BCUT2D eigenvalue weighted by molar-refractivity contribution is 7.09. The van der Waals surface area contributed by atoms with E-state index in [1.807, 2.05) is 5.38 Å². The number of anilines is 1. The Morgan fingerprint density at radius 2 is 2.05 bits per heavy atom. The largest absolute Gasteiger partial charge is 0.342 e. The number of nitrogens with zero attached hydrogens (tertiary/aromatic N) is 2. The van der Waals surface area contributed by atoms with Crippen LogP contribution in [-0.4, -0.2) is 21.8 Å². The molecule has 0 aromatic carbocycles. The van der Waals surface area contributed by atoms with Crippen LogP contribution in [0.1, 0.15) is 31.5 Å². The molecule has 0 bridgehead atoms. The Labute approximate surface area is 133 Å². The number of carbonyl (C=O) groups excluding carboxylic acids is 2. The molecule has 0 aliphatic heterocycles. The van der Waals surface area contributed by atoms with E-state index in [-0.39, 0.29) is 12.0 Å². The lowest BCUT2D eigenvalue weighted by atomic mass is 9.98. The minimum Gasteiger partial charge on any atom is -0.342 e. The topological polar surface area (TPSA) is 84.0 Å². The first-order chi connectivity index (χ1) is 10.4. The highest BCUT2D eigenvalue weighted by atomic mass is 32.1. The molecule has 0 aliphatic rings. The second kappa shape index (κ2) is 6.65. The SMILES string of the molecule is CC(C)(C)c1nc(CNC(=O)C(=O)Nc2cccnc2)cs1. The first-order valence-electron chi connectivity index (χ1n) is 6.80. The van der Waals surface area contributed by atoms with Crippen molar-refractivity contribution in [2.24, 2.45) is 0 Å². The number of nitrogens with one attached hydrogen (secondary N) is 2. The van der Waals surface area contributed by atoms with Gasteiger partial charge in [0, 0.05) is 17.0 Å². The minimum absolute atomic E-state index is 0.0232.